The first kappa shape index (κ1) is 21.6. The van der Waals surface area contributed by atoms with E-state index in [0.717, 1.165) is 48.3 Å². The van der Waals surface area contributed by atoms with E-state index in [1.54, 1.807) is 7.11 Å². The summed E-state index contributed by atoms with van der Waals surface area (Å²) in [6, 6.07) is 8.13. The first-order valence-corrected chi connectivity index (χ1v) is 11.7. The van der Waals surface area contributed by atoms with Crippen molar-refractivity contribution in [2.24, 2.45) is 17.8 Å². The summed E-state index contributed by atoms with van der Waals surface area (Å²) in [6.45, 7) is 6.14. The Balaban J connectivity index is 1.56. The highest BCUT2D eigenvalue weighted by atomic mass is 16.5. The molecule has 4 aliphatic carbocycles. The van der Waals surface area contributed by atoms with Crippen molar-refractivity contribution in [2.75, 3.05) is 26.9 Å². The number of benzene rings is 1. The topological polar surface area (TPSA) is 48.0 Å². The Morgan fingerprint density at radius 2 is 1.80 bits per heavy atom. The fourth-order valence-corrected chi connectivity index (χ4v) is 6.55. The second-order valence-electron chi connectivity index (χ2n) is 9.63. The molecule has 4 bridgehead atoms. The molecule has 4 aliphatic rings. The normalized spacial score (nSPS) is 30.3. The van der Waals surface area contributed by atoms with Crippen molar-refractivity contribution in [3.05, 3.63) is 29.8 Å². The number of hydrogen-bond donors (Lipinski definition) is 0. The molecule has 0 unspecified atom stereocenters. The molecule has 5 nitrogen and oxygen atoms in total. The second-order valence-corrected chi connectivity index (χ2v) is 9.63. The number of ether oxygens (including phenoxy) is 3. The van der Waals surface area contributed by atoms with Gasteiger partial charge in [0.2, 0.25) is 0 Å². The van der Waals surface area contributed by atoms with Gasteiger partial charge in [0.05, 0.1) is 20.3 Å². The average Bonchev–Trinajstić information content (AvgIpc) is 2.73. The van der Waals surface area contributed by atoms with Gasteiger partial charge in [-0.2, -0.15) is 0 Å². The molecule has 30 heavy (non-hydrogen) atoms. The lowest BCUT2D eigenvalue weighted by Gasteiger charge is -2.60. The standard InChI is InChI=1S/C25H37NO4/c1-4-29-8-9-30-18(2)24(27)26(17-19-6-5-7-23(13-19)28-3)25-14-20-10-21(15-25)12-22(11-20)16-25/h5-7,13,18,20-22H,4,8-12,14-17H2,1-3H3/t18-,20?,21?,22?,25?/m1/s1. The number of methoxy groups -OCH3 is 1. The maximum atomic E-state index is 13.7. The molecular weight excluding hydrogens is 378 g/mol. The summed E-state index contributed by atoms with van der Waals surface area (Å²) in [5, 5.41) is 0. The molecule has 5 rings (SSSR count). The van der Waals surface area contributed by atoms with Gasteiger partial charge in [0.15, 0.2) is 0 Å². The molecule has 1 aromatic carbocycles. The molecule has 1 atom stereocenters. The zero-order valence-electron chi connectivity index (χ0n) is 18.8. The molecule has 0 N–H and O–H groups in total. The molecule has 0 aliphatic heterocycles. The van der Waals surface area contributed by atoms with E-state index in [0.29, 0.717) is 26.4 Å². The molecule has 5 heteroatoms. The molecule has 1 amide bonds. The summed E-state index contributed by atoms with van der Waals surface area (Å²) in [5.74, 6) is 3.31. The van der Waals surface area contributed by atoms with Crippen molar-refractivity contribution in [1.82, 2.24) is 4.90 Å². The van der Waals surface area contributed by atoms with E-state index in [4.69, 9.17) is 14.2 Å². The molecule has 166 valence electrons. The highest BCUT2D eigenvalue weighted by Gasteiger charge is 2.55. The lowest BCUT2D eigenvalue weighted by molar-refractivity contribution is -0.163. The Kier molecular flexibility index (Phi) is 6.69. The van der Waals surface area contributed by atoms with Crippen LogP contribution in [0.3, 0.4) is 0 Å². The minimum absolute atomic E-state index is 0.00749. The Bertz CT molecular complexity index is 698. The van der Waals surface area contributed by atoms with E-state index < -0.39 is 6.10 Å². The van der Waals surface area contributed by atoms with Gasteiger partial charge in [0, 0.05) is 18.7 Å². The molecule has 4 saturated carbocycles. The van der Waals surface area contributed by atoms with Gasteiger partial charge >= 0.3 is 0 Å². The van der Waals surface area contributed by atoms with Gasteiger partial charge in [0.1, 0.15) is 11.9 Å². The number of nitrogens with zero attached hydrogens (tertiary/aromatic N) is 1. The molecule has 0 aromatic heterocycles. The van der Waals surface area contributed by atoms with Crippen LogP contribution in [0.25, 0.3) is 0 Å². The first-order valence-electron chi connectivity index (χ1n) is 11.7. The number of amides is 1. The third kappa shape index (κ3) is 4.52. The lowest BCUT2D eigenvalue weighted by Crippen LogP contribution is -2.62. The Morgan fingerprint density at radius 1 is 1.13 bits per heavy atom. The van der Waals surface area contributed by atoms with Gasteiger partial charge < -0.3 is 19.1 Å². The van der Waals surface area contributed by atoms with Crippen LogP contribution in [-0.2, 0) is 20.8 Å². The van der Waals surface area contributed by atoms with E-state index in [1.165, 1.54) is 19.3 Å². The van der Waals surface area contributed by atoms with Crippen LogP contribution < -0.4 is 4.74 Å². The predicted molar refractivity (Wildman–Crippen MR) is 116 cm³/mol. The quantitative estimate of drug-likeness (QED) is 0.530. The molecular formula is C25H37NO4. The Labute approximate surface area is 181 Å². The van der Waals surface area contributed by atoms with Crippen molar-refractivity contribution in [1.29, 1.82) is 0 Å². The van der Waals surface area contributed by atoms with E-state index >= 15 is 0 Å². The van der Waals surface area contributed by atoms with Crippen LogP contribution in [0.1, 0.15) is 57.9 Å². The Morgan fingerprint density at radius 3 is 2.40 bits per heavy atom. The lowest BCUT2D eigenvalue weighted by atomic mass is 9.52. The van der Waals surface area contributed by atoms with Gasteiger partial charge in [-0.3, -0.25) is 4.79 Å². The van der Waals surface area contributed by atoms with Crippen LogP contribution >= 0.6 is 0 Å². The monoisotopic (exact) mass is 415 g/mol. The minimum Gasteiger partial charge on any atom is -0.497 e. The van der Waals surface area contributed by atoms with Crippen LogP contribution in [0.5, 0.6) is 5.75 Å². The third-order valence-corrected chi connectivity index (χ3v) is 7.47. The van der Waals surface area contributed by atoms with Gasteiger partial charge in [-0.05, 0) is 87.8 Å². The molecule has 0 radical (unpaired) electrons. The molecule has 0 spiro atoms. The summed E-state index contributed by atoms with van der Waals surface area (Å²) in [6.07, 6.45) is 7.09. The average molecular weight is 416 g/mol. The molecule has 4 fully saturated rings. The summed E-state index contributed by atoms with van der Waals surface area (Å²) in [4.78, 5) is 15.9. The highest BCUT2D eigenvalue weighted by molar-refractivity contribution is 5.81. The fraction of sp³-hybridized carbons (Fsp3) is 0.720. The van der Waals surface area contributed by atoms with Crippen molar-refractivity contribution >= 4 is 5.91 Å². The van der Waals surface area contributed by atoms with Crippen LogP contribution in [-0.4, -0.2) is 49.4 Å². The second kappa shape index (κ2) is 9.27. The van der Waals surface area contributed by atoms with Crippen molar-refractivity contribution in [3.63, 3.8) is 0 Å². The van der Waals surface area contributed by atoms with Crippen LogP contribution in [0, 0.1) is 17.8 Å². The zero-order valence-corrected chi connectivity index (χ0v) is 18.8. The molecule has 0 heterocycles. The number of carbonyl (C=O) groups is 1. The minimum atomic E-state index is -0.455. The molecule has 0 saturated heterocycles. The van der Waals surface area contributed by atoms with Crippen molar-refractivity contribution in [2.45, 2.75) is 70.6 Å². The number of rotatable bonds is 10. The maximum absolute atomic E-state index is 13.7. The van der Waals surface area contributed by atoms with Crippen LogP contribution in [0.4, 0.5) is 0 Å². The van der Waals surface area contributed by atoms with Gasteiger partial charge in [-0.15, -0.1) is 0 Å². The zero-order chi connectivity index (χ0) is 21.1. The van der Waals surface area contributed by atoms with Crippen LogP contribution in [0.2, 0.25) is 0 Å². The van der Waals surface area contributed by atoms with Crippen LogP contribution in [0.15, 0.2) is 24.3 Å². The summed E-state index contributed by atoms with van der Waals surface area (Å²) >= 11 is 0. The third-order valence-electron chi connectivity index (χ3n) is 7.47. The first-order chi connectivity index (χ1) is 14.5. The maximum Gasteiger partial charge on any atom is 0.252 e. The number of hydrogen-bond acceptors (Lipinski definition) is 4. The van der Waals surface area contributed by atoms with Gasteiger partial charge in [-0.25, -0.2) is 0 Å². The SMILES string of the molecule is CCOCCO[C@H](C)C(=O)N(Cc1cccc(OC)c1)C12CC3CC(CC(C3)C1)C2. The summed E-state index contributed by atoms with van der Waals surface area (Å²) in [5.41, 5.74) is 1.12. The predicted octanol–water partition coefficient (Wildman–Crippen LogP) is 4.43. The van der Waals surface area contributed by atoms with Gasteiger partial charge in [-0.1, -0.05) is 12.1 Å². The smallest absolute Gasteiger partial charge is 0.252 e. The van der Waals surface area contributed by atoms with E-state index in [2.05, 4.69) is 17.0 Å². The molecule has 1 aromatic rings. The summed E-state index contributed by atoms with van der Waals surface area (Å²) < 4.78 is 16.7. The Hall–Kier alpha value is -1.59. The van der Waals surface area contributed by atoms with Crippen molar-refractivity contribution in [3.8, 4) is 5.75 Å². The van der Waals surface area contributed by atoms with E-state index in [-0.39, 0.29) is 11.4 Å². The van der Waals surface area contributed by atoms with Crippen molar-refractivity contribution < 1.29 is 19.0 Å². The fourth-order valence-electron chi connectivity index (χ4n) is 6.55. The van der Waals surface area contributed by atoms with Gasteiger partial charge in [0.25, 0.3) is 5.91 Å². The summed E-state index contributed by atoms with van der Waals surface area (Å²) in [7, 11) is 1.69. The number of carbonyl (C=O) groups excluding carboxylic acids is 1. The van der Waals surface area contributed by atoms with E-state index in [1.807, 2.05) is 26.0 Å². The largest absolute Gasteiger partial charge is 0.497 e. The highest BCUT2D eigenvalue weighted by Crippen LogP contribution is 2.58. The van der Waals surface area contributed by atoms with E-state index in [9.17, 15) is 4.79 Å².